The standard InChI is InChI=1S/C8H5Cl4NOS2/c1-2-16-8(15)14-5-3(9)6(11)13-7(12)4(5)10/h2H2,1H3. The molecule has 0 amide bonds. The molecule has 16 heavy (non-hydrogen) atoms. The van der Waals surface area contributed by atoms with E-state index in [1.165, 1.54) is 11.8 Å². The first kappa shape index (κ1) is 14.6. The van der Waals surface area contributed by atoms with E-state index in [4.69, 9.17) is 63.4 Å². The first-order valence-corrected chi connectivity index (χ1v) is 6.92. The van der Waals surface area contributed by atoms with Crippen molar-refractivity contribution in [3.8, 4) is 5.75 Å². The largest absolute Gasteiger partial charge is 0.436 e. The van der Waals surface area contributed by atoms with Gasteiger partial charge in [0.25, 0.3) is 0 Å². The Hall–Kier alpha value is 0.550. The molecule has 0 saturated carbocycles. The number of thioether (sulfide) groups is 1. The van der Waals surface area contributed by atoms with Crippen LogP contribution in [0.5, 0.6) is 5.75 Å². The third kappa shape index (κ3) is 3.52. The van der Waals surface area contributed by atoms with Crippen LogP contribution in [0, 0.1) is 0 Å². The summed E-state index contributed by atoms with van der Waals surface area (Å²) in [7, 11) is 0. The molecule has 0 aliphatic carbocycles. The Bertz CT molecular complexity index is 401. The zero-order chi connectivity index (χ0) is 12.3. The number of halogens is 4. The Morgan fingerprint density at radius 3 is 2.19 bits per heavy atom. The van der Waals surface area contributed by atoms with Crippen molar-refractivity contribution in [2.24, 2.45) is 0 Å². The molecule has 0 aromatic carbocycles. The van der Waals surface area contributed by atoms with Crippen LogP contribution in [-0.4, -0.2) is 15.1 Å². The van der Waals surface area contributed by atoms with E-state index in [1.807, 2.05) is 6.92 Å². The van der Waals surface area contributed by atoms with Crippen molar-refractivity contribution in [3.05, 3.63) is 20.4 Å². The number of rotatable bonds is 2. The van der Waals surface area contributed by atoms with Crippen LogP contribution in [0.3, 0.4) is 0 Å². The molecule has 1 aromatic heterocycles. The average molecular weight is 337 g/mol. The summed E-state index contributed by atoms with van der Waals surface area (Å²) >= 11 is 29.5. The number of nitrogens with zero attached hydrogens (tertiary/aromatic N) is 1. The molecule has 1 heterocycles. The minimum Gasteiger partial charge on any atom is -0.436 e. The molecule has 0 spiro atoms. The van der Waals surface area contributed by atoms with E-state index in [2.05, 4.69) is 4.98 Å². The third-order valence-corrected chi connectivity index (χ3v) is 3.89. The lowest BCUT2D eigenvalue weighted by atomic mass is 10.4. The van der Waals surface area contributed by atoms with Gasteiger partial charge in [-0.2, -0.15) is 0 Å². The molecule has 1 aromatic rings. The van der Waals surface area contributed by atoms with Gasteiger partial charge in [-0.3, -0.25) is 0 Å². The van der Waals surface area contributed by atoms with Gasteiger partial charge in [-0.1, -0.05) is 65.1 Å². The van der Waals surface area contributed by atoms with E-state index in [9.17, 15) is 0 Å². The van der Waals surface area contributed by atoms with Crippen LogP contribution in [0.2, 0.25) is 20.4 Å². The van der Waals surface area contributed by atoms with Crippen LogP contribution >= 0.6 is 70.4 Å². The molecule has 0 bridgehead atoms. The highest BCUT2D eigenvalue weighted by molar-refractivity contribution is 8.22. The first-order valence-electron chi connectivity index (χ1n) is 4.02. The second-order valence-corrected chi connectivity index (χ2v) is 5.77. The lowest BCUT2D eigenvalue weighted by molar-refractivity contribution is 0.579. The van der Waals surface area contributed by atoms with Crippen LogP contribution in [0.1, 0.15) is 6.92 Å². The monoisotopic (exact) mass is 335 g/mol. The van der Waals surface area contributed by atoms with Crippen LogP contribution < -0.4 is 4.74 Å². The predicted molar refractivity (Wildman–Crippen MR) is 75.6 cm³/mol. The van der Waals surface area contributed by atoms with Gasteiger partial charge in [-0.25, -0.2) is 4.98 Å². The van der Waals surface area contributed by atoms with Gasteiger partial charge in [-0.05, 0) is 18.0 Å². The van der Waals surface area contributed by atoms with Gasteiger partial charge >= 0.3 is 0 Å². The van der Waals surface area contributed by atoms with Crippen LogP contribution in [0.4, 0.5) is 0 Å². The van der Waals surface area contributed by atoms with E-state index >= 15 is 0 Å². The summed E-state index contributed by atoms with van der Waals surface area (Å²) in [5, 5.41) is 0.232. The maximum Gasteiger partial charge on any atom is 0.225 e. The summed E-state index contributed by atoms with van der Waals surface area (Å²) in [6.45, 7) is 1.94. The number of hydrogen-bond acceptors (Lipinski definition) is 4. The topological polar surface area (TPSA) is 22.1 Å². The number of pyridine rings is 1. The second-order valence-electron chi connectivity index (χ2n) is 2.44. The lowest BCUT2D eigenvalue weighted by Crippen LogP contribution is -2.02. The van der Waals surface area contributed by atoms with Crippen molar-refractivity contribution in [1.82, 2.24) is 4.98 Å². The minimum absolute atomic E-state index is 0.0235. The van der Waals surface area contributed by atoms with Crippen LogP contribution in [0.15, 0.2) is 0 Å². The van der Waals surface area contributed by atoms with Crippen molar-refractivity contribution in [2.75, 3.05) is 5.75 Å². The summed E-state index contributed by atoms with van der Waals surface area (Å²) in [5.74, 6) is 0.917. The molecule has 0 fully saturated rings. The van der Waals surface area contributed by atoms with E-state index in [0.717, 1.165) is 5.75 Å². The molecule has 0 radical (unpaired) electrons. The molecule has 0 N–H and O–H groups in total. The molecular formula is C8H5Cl4NOS2. The highest BCUT2D eigenvalue weighted by Gasteiger charge is 2.18. The summed E-state index contributed by atoms with van der Waals surface area (Å²) in [6, 6.07) is 0. The SMILES string of the molecule is CCSC(=S)Oc1c(Cl)c(Cl)nc(Cl)c1Cl. The van der Waals surface area contributed by atoms with Gasteiger partial charge < -0.3 is 4.74 Å². The Morgan fingerprint density at radius 2 is 1.75 bits per heavy atom. The van der Waals surface area contributed by atoms with Gasteiger partial charge in [0.1, 0.15) is 10.0 Å². The molecule has 88 valence electrons. The molecule has 0 unspecified atom stereocenters. The normalized spacial score (nSPS) is 10.3. The summed E-state index contributed by atoms with van der Waals surface area (Å²) in [6.07, 6.45) is 0. The summed E-state index contributed by atoms with van der Waals surface area (Å²) in [4.78, 5) is 3.72. The quantitative estimate of drug-likeness (QED) is 0.552. The maximum atomic E-state index is 5.88. The van der Waals surface area contributed by atoms with Crippen molar-refractivity contribution in [2.45, 2.75) is 6.92 Å². The van der Waals surface area contributed by atoms with E-state index < -0.39 is 0 Å². The Balaban J connectivity index is 3.07. The summed E-state index contributed by atoms with van der Waals surface area (Å²) in [5.41, 5.74) is 0. The smallest absolute Gasteiger partial charge is 0.225 e. The number of ether oxygens (including phenoxy) is 1. The lowest BCUT2D eigenvalue weighted by Gasteiger charge is -2.10. The van der Waals surface area contributed by atoms with Crippen molar-refractivity contribution < 1.29 is 4.74 Å². The molecule has 1 rings (SSSR count). The molecule has 0 saturated heterocycles. The molecule has 2 nitrogen and oxygen atoms in total. The maximum absolute atomic E-state index is 5.88. The van der Waals surface area contributed by atoms with Gasteiger partial charge in [-0.15, -0.1) is 0 Å². The van der Waals surface area contributed by atoms with Gasteiger partial charge in [0.15, 0.2) is 16.1 Å². The zero-order valence-electron chi connectivity index (χ0n) is 7.89. The van der Waals surface area contributed by atoms with E-state index in [0.29, 0.717) is 4.38 Å². The Morgan fingerprint density at radius 1 is 1.25 bits per heavy atom. The fourth-order valence-electron chi connectivity index (χ4n) is 0.788. The van der Waals surface area contributed by atoms with Crippen molar-refractivity contribution in [1.29, 1.82) is 0 Å². The van der Waals surface area contributed by atoms with E-state index in [1.54, 1.807) is 0 Å². The van der Waals surface area contributed by atoms with Gasteiger partial charge in [0.2, 0.25) is 4.38 Å². The second kappa shape index (κ2) is 6.47. The van der Waals surface area contributed by atoms with Crippen LogP contribution in [-0.2, 0) is 0 Å². The Kier molecular flexibility index (Phi) is 5.91. The fourth-order valence-corrected chi connectivity index (χ4v) is 2.39. The van der Waals surface area contributed by atoms with Gasteiger partial charge in [0.05, 0.1) is 0 Å². The molecule has 0 aliphatic rings. The number of aromatic nitrogens is 1. The highest BCUT2D eigenvalue weighted by atomic mass is 35.5. The fraction of sp³-hybridized carbons (Fsp3) is 0.250. The number of thiocarbonyl (C=S) groups is 1. The van der Waals surface area contributed by atoms with Gasteiger partial charge in [0, 0.05) is 0 Å². The predicted octanol–water partition coefficient (Wildman–Crippen LogP) is 5.11. The average Bonchev–Trinajstić information content (AvgIpc) is 2.22. The summed E-state index contributed by atoms with van der Waals surface area (Å²) < 4.78 is 5.60. The molecular weight excluding hydrogens is 332 g/mol. The first-order chi connectivity index (χ1) is 7.47. The minimum atomic E-state index is 0.0235. The molecule has 8 heteroatoms. The third-order valence-electron chi connectivity index (χ3n) is 1.40. The highest BCUT2D eigenvalue weighted by Crippen LogP contribution is 2.41. The Labute approximate surface area is 123 Å². The number of hydrogen-bond donors (Lipinski definition) is 0. The molecule has 0 atom stereocenters. The van der Waals surface area contributed by atoms with Crippen molar-refractivity contribution >= 4 is 74.8 Å². The van der Waals surface area contributed by atoms with Crippen molar-refractivity contribution in [3.63, 3.8) is 0 Å². The zero-order valence-corrected chi connectivity index (χ0v) is 12.5. The molecule has 0 aliphatic heterocycles. The van der Waals surface area contributed by atoms with E-state index in [-0.39, 0.29) is 26.1 Å². The van der Waals surface area contributed by atoms with Crippen LogP contribution in [0.25, 0.3) is 0 Å².